The second kappa shape index (κ2) is 7.65. The molecule has 126 valence electrons. The summed E-state index contributed by atoms with van der Waals surface area (Å²) >= 11 is 6.14. The molecule has 1 aromatic rings. The number of aliphatic hydroxyl groups is 1. The monoisotopic (exact) mass is 336 g/mol. The quantitative estimate of drug-likeness (QED) is 0.869. The van der Waals surface area contributed by atoms with E-state index < -0.39 is 6.10 Å². The highest BCUT2D eigenvalue weighted by atomic mass is 35.5. The van der Waals surface area contributed by atoms with E-state index in [1.54, 1.807) is 0 Å². The van der Waals surface area contributed by atoms with Gasteiger partial charge in [-0.3, -0.25) is 4.79 Å². The number of halogens is 1. The third-order valence-electron chi connectivity index (χ3n) is 5.11. The molecule has 2 N–H and O–H groups in total. The topological polar surface area (TPSA) is 52.6 Å². The normalized spacial score (nSPS) is 21.7. The van der Waals surface area contributed by atoms with Gasteiger partial charge in [-0.05, 0) is 31.7 Å². The van der Waals surface area contributed by atoms with Crippen LogP contribution < -0.4 is 5.32 Å². The molecule has 0 spiro atoms. The molecule has 0 radical (unpaired) electrons. The van der Waals surface area contributed by atoms with Crippen LogP contribution in [0.5, 0.6) is 0 Å². The van der Waals surface area contributed by atoms with Gasteiger partial charge in [0, 0.05) is 42.2 Å². The van der Waals surface area contributed by atoms with Gasteiger partial charge in [-0.25, -0.2) is 0 Å². The molecule has 0 aromatic heterocycles. The zero-order valence-electron chi connectivity index (χ0n) is 13.4. The summed E-state index contributed by atoms with van der Waals surface area (Å²) in [6.45, 7) is 2.39. The lowest BCUT2D eigenvalue weighted by Crippen LogP contribution is -2.47. The van der Waals surface area contributed by atoms with Crippen molar-refractivity contribution in [3.63, 3.8) is 0 Å². The zero-order valence-corrected chi connectivity index (χ0v) is 14.1. The summed E-state index contributed by atoms with van der Waals surface area (Å²) in [4.78, 5) is 14.2. The second-order valence-electron chi connectivity index (χ2n) is 6.75. The van der Waals surface area contributed by atoms with E-state index in [0.717, 1.165) is 44.3 Å². The number of carbonyl (C=O) groups excluding carboxylic acids is 1. The largest absolute Gasteiger partial charge is 0.387 e. The minimum Gasteiger partial charge on any atom is -0.387 e. The highest BCUT2D eigenvalue weighted by Gasteiger charge is 2.28. The third-order valence-corrected chi connectivity index (χ3v) is 5.45. The lowest BCUT2D eigenvalue weighted by Gasteiger charge is -2.35. The molecule has 1 heterocycles. The predicted octanol–water partition coefficient (Wildman–Crippen LogP) is 2.75. The van der Waals surface area contributed by atoms with Crippen LogP contribution in [0.15, 0.2) is 24.3 Å². The lowest BCUT2D eigenvalue weighted by molar-refractivity contribution is -0.128. The van der Waals surface area contributed by atoms with Crippen LogP contribution in [0.25, 0.3) is 0 Å². The Labute approximate surface area is 142 Å². The maximum atomic E-state index is 12.0. The number of amides is 1. The smallest absolute Gasteiger partial charge is 0.223 e. The Morgan fingerprint density at radius 1 is 1.26 bits per heavy atom. The minimum atomic E-state index is -0.565. The number of nitrogens with zero attached hydrogens (tertiary/aromatic N) is 1. The Morgan fingerprint density at radius 2 is 1.96 bits per heavy atom. The van der Waals surface area contributed by atoms with Gasteiger partial charge in [0.15, 0.2) is 0 Å². The first-order valence-corrected chi connectivity index (χ1v) is 8.96. The number of nitrogens with one attached hydrogen (secondary N) is 1. The molecule has 0 bridgehead atoms. The molecule has 5 heteroatoms. The average molecular weight is 337 g/mol. The molecular formula is C18H25ClN2O2. The molecule has 1 atom stereocenters. The Balaban J connectivity index is 1.44. The van der Waals surface area contributed by atoms with Gasteiger partial charge in [-0.2, -0.15) is 0 Å². The molecule has 1 aliphatic carbocycles. The summed E-state index contributed by atoms with van der Waals surface area (Å²) in [5.74, 6) is 0.501. The maximum absolute atomic E-state index is 12.0. The minimum absolute atomic E-state index is 0.241. The molecule has 4 nitrogen and oxygen atoms in total. The van der Waals surface area contributed by atoms with Gasteiger partial charge in [0.2, 0.25) is 5.91 Å². The Hall–Kier alpha value is -1.10. The number of rotatable bonds is 5. The fourth-order valence-electron chi connectivity index (χ4n) is 3.34. The van der Waals surface area contributed by atoms with Crippen molar-refractivity contribution in [3.8, 4) is 0 Å². The highest BCUT2D eigenvalue weighted by molar-refractivity contribution is 6.31. The Kier molecular flexibility index (Phi) is 5.57. The highest BCUT2D eigenvalue weighted by Crippen LogP contribution is 2.27. The van der Waals surface area contributed by atoms with Crippen molar-refractivity contribution in [2.75, 3.05) is 19.6 Å². The van der Waals surface area contributed by atoms with Crippen LogP contribution in [0.1, 0.15) is 43.8 Å². The van der Waals surface area contributed by atoms with Crippen LogP contribution in [0.2, 0.25) is 5.02 Å². The second-order valence-corrected chi connectivity index (χ2v) is 7.16. The first kappa shape index (κ1) is 16.7. The SMILES string of the molecule is O=C(NC1CCN(C[C@H](O)c2ccccc2Cl)CC1)C1CCC1. The van der Waals surface area contributed by atoms with Gasteiger partial charge in [-0.15, -0.1) is 0 Å². The lowest BCUT2D eigenvalue weighted by atomic mass is 9.84. The number of aliphatic hydroxyl groups excluding tert-OH is 1. The van der Waals surface area contributed by atoms with E-state index >= 15 is 0 Å². The average Bonchev–Trinajstić information content (AvgIpc) is 2.48. The fourth-order valence-corrected chi connectivity index (χ4v) is 3.60. The Morgan fingerprint density at radius 3 is 2.57 bits per heavy atom. The standard InChI is InChI=1S/C18H25ClN2O2/c19-16-7-2-1-6-15(16)17(22)12-21-10-8-14(9-11-21)20-18(23)13-4-3-5-13/h1-2,6-7,13-14,17,22H,3-5,8-12H2,(H,20,23)/t17-/m0/s1. The van der Waals surface area contributed by atoms with Crippen molar-refractivity contribution in [1.82, 2.24) is 10.2 Å². The van der Waals surface area contributed by atoms with Gasteiger partial charge < -0.3 is 15.3 Å². The molecule has 1 amide bonds. The van der Waals surface area contributed by atoms with Gasteiger partial charge in [0.25, 0.3) is 0 Å². The summed E-state index contributed by atoms with van der Waals surface area (Å²) in [6.07, 6.45) is 4.63. The summed E-state index contributed by atoms with van der Waals surface area (Å²) in [5, 5.41) is 14.2. The number of hydrogen-bond donors (Lipinski definition) is 2. The molecule has 1 saturated carbocycles. The Bertz CT molecular complexity index is 540. The van der Waals surface area contributed by atoms with Crippen molar-refractivity contribution in [2.45, 2.75) is 44.2 Å². The molecule has 1 aromatic carbocycles. The summed E-state index contributed by atoms with van der Waals surface area (Å²) in [5.41, 5.74) is 0.787. The molecular weight excluding hydrogens is 312 g/mol. The van der Waals surface area contributed by atoms with Crippen molar-refractivity contribution < 1.29 is 9.90 Å². The van der Waals surface area contributed by atoms with Crippen LogP contribution in [0.3, 0.4) is 0 Å². The number of β-amino-alcohol motifs (C(OH)–C–C–N with tert-alkyl or cyclic N) is 1. The first-order valence-electron chi connectivity index (χ1n) is 8.58. The first-order chi connectivity index (χ1) is 11.1. The van der Waals surface area contributed by atoms with Crippen LogP contribution in [0, 0.1) is 5.92 Å². The number of hydrogen-bond acceptors (Lipinski definition) is 3. The molecule has 3 rings (SSSR count). The van der Waals surface area contributed by atoms with Crippen molar-refractivity contribution >= 4 is 17.5 Å². The van der Waals surface area contributed by atoms with Gasteiger partial charge in [-0.1, -0.05) is 36.2 Å². The molecule has 2 aliphatic rings. The summed E-state index contributed by atoms with van der Waals surface area (Å²) in [6, 6.07) is 7.74. The number of piperidine rings is 1. The number of likely N-dealkylation sites (tertiary alicyclic amines) is 1. The zero-order chi connectivity index (χ0) is 16.2. The summed E-state index contributed by atoms with van der Waals surface area (Å²) < 4.78 is 0. The van der Waals surface area contributed by atoms with E-state index in [1.807, 2.05) is 24.3 Å². The molecule has 0 unspecified atom stereocenters. The third kappa shape index (κ3) is 4.25. The van der Waals surface area contributed by atoms with E-state index in [2.05, 4.69) is 10.2 Å². The van der Waals surface area contributed by atoms with Crippen LogP contribution in [0.4, 0.5) is 0 Å². The number of carbonyl (C=O) groups is 1. The molecule has 1 saturated heterocycles. The van der Waals surface area contributed by atoms with E-state index in [0.29, 0.717) is 11.6 Å². The van der Waals surface area contributed by atoms with Crippen molar-refractivity contribution in [2.24, 2.45) is 5.92 Å². The number of benzene rings is 1. The van der Waals surface area contributed by atoms with E-state index in [1.165, 1.54) is 6.42 Å². The molecule has 2 fully saturated rings. The molecule has 1 aliphatic heterocycles. The summed E-state index contributed by atoms with van der Waals surface area (Å²) in [7, 11) is 0. The molecule has 23 heavy (non-hydrogen) atoms. The van der Waals surface area contributed by atoms with Crippen LogP contribution in [-0.4, -0.2) is 41.6 Å². The van der Waals surface area contributed by atoms with Crippen molar-refractivity contribution in [1.29, 1.82) is 0 Å². The fraction of sp³-hybridized carbons (Fsp3) is 0.611. The van der Waals surface area contributed by atoms with Crippen molar-refractivity contribution in [3.05, 3.63) is 34.9 Å². The van der Waals surface area contributed by atoms with E-state index in [9.17, 15) is 9.90 Å². The van der Waals surface area contributed by atoms with E-state index in [4.69, 9.17) is 11.6 Å². The van der Waals surface area contributed by atoms with Gasteiger partial charge in [0.1, 0.15) is 0 Å². The van der Waals surface area contributed by atoms with Gasteiger partial charge in [0.05, 0.1) is 6.10 Å². The van der Waals surface area contributed by atoms with E-state index in [-0.39, 0.29) is 17.9 Å². The van der Waals surface area contributed by atoms with Gasteiger partial charge >= 0.3 is 0 Å². The predicted molar refractivity (Wildman–Crippen MR) is 91.4 cm³/mol. The maximum Gasteiger partial charge on any atom is 0.223 e. The van der Waals surface area contributed by atoms with Crippen LogP contribution in [-0.2, 0) is 4.79 Å². The van der Waals surface area contributed by atoms with Crippen LogP contribution >= 0.6 is 11.6 Å².